The molecule has 4 nitrogen and oxygen atoms in total. The maximum absolute atomic E-state index is 12.1. The van der Waals surface area contributed by atoms with Gasteiger partial charge in [0.05, 0.1) is 11.0 Å². The first-order chi connectivity index (χ1) is 8.25. The molecular formula is C12H18ClNO3S. The highest BCUT2D eigenvalue weighted by Crippen LogP contribution is 2.22. The van der Waals surface area contributed by atoms with Crippen LogP contribution >= 0.6 is 11.6 Å². The predicted octanol–water partition coefficient (Wildman–Crippen LogP) is 1.94. The molecule has 6 heteroatoms. The summed E-state index contributed by atoms with van der Waals surface area (Å²) < 4.78 is 26.5. The Bertz CT molecular complexity index is 514. The lowest BCUT2D eigenvalue weighted by molar-refractivity contribution is 0.129. The van der Waals surface area contributed by atoms with Crippen molar-refractivity contribution in [3.05, 3.63) is 28.8 Å². The molecule has 0 aromatic heterocycles. The molecule has 0 spiro atoms. The van der Waals surface area contributed by atoms with Crippen molar-refractivity contribution in [3.63, 3.8) is 0 Å². The lowest BCUT2D eigenvalue weighted by Crippen LogP contribution is -2.35. The van der Waals surface area contributed by atoms with Crippen molar-refractivity contribution in [1.29, 1.82) is 0 Å². The van der Waals surface area contributed by atoms with Crippen molar-refractivity contribution in [1.82, 2.24) is 4.72 Å². The Hall–Kier alpha value is -0.620. The monoisotopic (exact) mass is 291 g/mol. The molecule has 0 aliphatic rings. The summed E-state index contributed by atoms with van der Waals surface area (Å²) in [5, 5.41) is 10.0. The summed E-state index contributed by atoms with van der Waals surface area (Å²) in [7, 11) is -3.64. The smallest absolute Gasteiger partial charge is 0.240 e. The van der Waals surface area contributed by atoms with Gasteiger partial charge in [-0.1, -0.05) is 31.5 Å². The lowest BCUT2D eigenvalue weighted by Gasteiger charge is -2.16. The first kappa shape index (κ1) is 15.4. The fourth-order valence-electron chi connectivity index (χ4n) is 1.39. The number of aliphatic hydroxyl groups is 1. The fraction of sp³-hybridized carbons (Fsp3) is 0.500. The highest BCUT2D eigenvalue weighted by atomic mass is 35.5. The Morgan fingerprint density at radius 3 is 2.56 bits per heavy atom. The average Bonchev–Trinajstić information content (AvgIpc) is 2.29. The van der Waals surface area contributed by atoms with Crippen LogP contribution in [-0.2, 0) is 10.0 Å². The number of hydrogen-bond acceptors (Lipinski definition) is 3. The number of hydrogen-bond donors (Lipinski definition) is 2. The summed E-state index contributed by atoms with van der Waals surface area (Å²) in [4.78, 5) is 0.144. The molecule has 1 rings (SSSR count). The number of rotatable bonds is 5. The fourth-order valence-corrected chi connectivity index (χ4v) is 2.93. The van der Waals surface area contributed by atoms with Crippen molar-refractivity contribution in [2.24, 2.45) is 5.92 Å². The van der Waals surface area contributed by atoms with E-state index in [9.17, 15) is 13.5 Å². The Morgan fingerprint density at radius 1 is 1.39 bits per heavy atom. The predicted molar refractivity (Wildman–Crippen MR) is 72.2 cm³/mol. The summed E-state index contributed by atoms with van der Waals surface area (Å²) >= 11 is 5.89. The van der Waals surface area contributed by atoms with E-state index in [1.807, 2.05) is 13.8 Å². The van der Waals surface area contributed by atoms with Gasteiger partial charge in [0.1, 0.15) is 0 Å². The van der Waals surface area contributed by atoms with Crippen LogP contribution in [0.1, 0.15) is 19.4 Å². The molecule has 1 aromatic carbocycles. The zero-order chi connectivity index (χ0) is 13.9. The van der Waals surface area contributed by atoms with Gasteiger partial charge in [0.25, 0.3) is 0 Å². The summed E-state index contributed by atoms with van der Waals surface area (Å²) in [6.45, 7) is 5.29. The topological polar surface area (TPSA) is 66.4 Å². The Kier molecular flexibility index (Phi) is 5.16. The standard InChI is InChI=1S/C12H18ClNO3S/c1-8(2)11(15)7-14-18(16,17)12-6-4-5-10(13)9(12)3/h4-6,8,11,14-15H,7H2,1-3H3. The third-order valence-electron chi connectivity index (χ3n) is 2.76. The largest absolute Gasteiger partial charge is 0.391 e. The maximum Gasteiger partial charge on any atom is 0.240 e. The first-order valence-corrected chi connectivity index (χ1v) is 7.54. The quantitative estimate of drug-likeness (QED) is 0.871. The van der Waals surface area contributed by atoms with E-state index in [1.165, 1.54) is 6.07 Å². The SMILES string of the molecule is Cc1c(Cl)cccc1S(=O)(=O)NCC(O)C(C)C. The minimum atomic E-state index is -3.64. The highest BCUT2D eigenvalue weighted by molar-refractivity contribution is 7.89. The van der Waals surface area contributed by atoms with Crippen LogP contribution < -0.4 is 4.72 Å². The average molecular weight is 292 g/mol. The summed E-state index contributed by atoms with van der Waals surface area (Å²) in [5.74, 6) is -0.00633. The van der Waals surface area contributed by atoms with E-state index in [1.54, 1.807) is 19.1 Å². The molecule has 102 valence electrons. The number of halogens is 1. The lowest BCUT2D eigenvalue weighted by atomic mass is 10.1. The summed E-state index contributed by atoms with van der Waals surface area (Å²) in [5.41, 5.74) is 0.505. The van der Waals surface area contributed by atoms with Gasteiger partial charge >= 0.3 is 0 Å². The Labute approximate surface area is 113 Å². The normalized spacial score (nSPS) is 13.9. The van der Waals surface area contributed by atoms with Gasteiger partial charge in [-0.25, -0.2) is 13.1 Å². The number of aliphatic hydroxyl groups excluding tert-OH is 1. The molecule has 0 saturated heterocycles. The third kappa shape index (κ3) is 3.68. The van der Waals surface area contributed by atoms with Crippen molar-refractivity contribution in [2.75, 3.05) is 6.54 Å². The van der Waals surface area contributed by atoms with E-state index < -0.39 is 16.1 Å². The number of sulfonamides is 1. The Morgan fingerprint density at radius 2 is 2.00 bits per heavy atom. The molecule has 2 N–H and O–H groups in total. The first-order valence-electron chi connectivity index (χ1n) is 5.68. The molecule has 1 unspecified atom stereocenters. The van der Waals surface area contributed by atoms with Gasteiger partial charge in [-0.05, 0) is 30.5 Å². The van der Waals surface area contributed by atoms with E-state index in [0.29, 0.717) is 10.6 Å². The molecule has 0 heterocycles. The van der Waals surface area contributed by atoms with E-state index in [4.69, 9.17) is 11.6 Å². The van der Waals surface area contributed by atoms with Crippen LogP contribution in [0.25, 0.3) is 0 Å². The number of benzene rings is 1. The minimum Gasteiger partial charge on any atom is -0.391 e. The highest BCUT2D eigenvalue weighted by Gasteiger charge is 2.20. The molecule has 0 bridgehead atoms. The molecule has 0 aliphatic heterocycles. The van der Waals surface area contributed by atoms with Crippen LogP contribution in [0.15, 0.2) is 23.1 Å². The molecule has 18 heavy (non-hydrogen) atoms. The minimum absolute atomic E-state index is 0.00633. The van der Waals surface area contributed by atoms with Gasteiger partial charge in [0.15, 0.2) is 0 Å². The van der Waals surface area contributed by atoms with Crippen molar-refractivity contribution in [3.8, 4) is 0 Å². The van der Waals surface area contributed by atoms with Gasteiger partial charge in [0, 0.05) is 11.6 Å². The van der Waals surface area contributed by atoms with Crippen LogP contribution in [0.4, 0.5) is 0 Å². The molecule has 0 saturated carbocycles. The van der Waals surface area contributed by atoms with Crippen molar-refractivity contribution in [2.45, 2.75) is 31.8 Å². The van der Waals surface area contributed by atoms with E-state index in [-0.39, 0.29) is 17.4 Å². The second kappa shape index (κ2) is 6.02. The van der Waals surface area contributed by atoms with E-state index >= 15 is 0 Å². The van der Waals surface area contributed by atoms with Gasteiger partial charge in [-0.3, -0.25) is 0 Å². The molecule has 1 aromatic rings. The molecular weight excluding hydrogens is 274 g/mol. The van der Waals surface area contributed by atoms with E-state index in [0.717, 1.165) is 0 Å². The zero-order valence-corrected chi connectivity index (χ0v) is 12.2. The van der Waals surface area contributed by atoms with Crippen molar-refractivity contribution >= 4 is 21.6 Å². The molecule has 0 fully saturated rings. The van der Waals surface area contributed by atoms with Gasteiger partial charge < -0.3 is 5.11 Å². The zero-order valence-electron chi connectivity index (χ0n) is 10.6. The van der Waals surface area contributed by atoms with Gasteiger partial charge in [-0.15, -0.1) is 0 Å². The Balaban J connectivity index is 2.91. The van der Waals surface area contributed by atoms with E-state index in [2.05, 4.69) is 4.72 Å². The molecule has 0 aliphatic carbocycles. The second-order valence-electron chi connectivity index (χ2n) is 4.53. The number of nitrogens with one attached hydrogen (secondary N) is 1. The van der Waals surface area contributed by atoms with Crippen LogP contribution in [0, 0.1) is 12.8 Å². The molecule has 1 atom stereocenters. The summed E-state index contributed by atoms with van der Waals surface area (Å²) in [6, 6.07) is 4.72. The summed E-state index contributed by atoms with van der Waals surface area (Å²) in [6.07, 6.45) is -0.709. The van der Waals surface area contributed by atoms with Gasteiger partial charge in [0.2, 0.25) is 10.0 Å². The molecule has 0 radical (unpaired) electrons. The van der Waals surface area contributed by atoms with Crippen LogP contribution in [0.3, 0.4) is 0 Å². The van der Waals surface area contributed by atoms with Crippen LogP contribution in [-0.4, -0.2) is 26.2 Å². The van der Waals surface area contributed by atoms with Crippen molar-refractivity contribution < 1.29 is 13.5 Å². The van der Waals surface area contributed by atoms with Crippen LogP contribution in [0.5, 0.6) is 0 Å². The maximum atomic E-state index is 12.1. The molecule has 0 amide bonds. The second-order valence-corrected chi connectivity index (χ2v) is 6.67. The van der Waals surface area contributed by atoms with Crippen LogP contribution in [0.2, 0.25) is 5.02 Å². The van der Waals surface area contributed by atoms with Gasteiger partial charge in [-0.2, -0.15) is 0 Å². The third-order valence-corrected chi connectivity index (χ3v) is 4.74.